The first-order chi connectivity index (χ1) is 5.66. The zero-order chi connectivity index (χ0) is 10.7. The van der Waals surface area contributed by atoms with Gasteiger partial charge in [0.05, 0.1) is 0 Å². The zero-order valence-electron chi connectivity index (χ0n) is 10.3. The number of rotatable bonds is 4. The number of hydrogen-bond donors (Lipinski definition) is 0. The van der Waals surface area contributed by atoms with Crippen LogP contribution in [0.15, 0.2) is 0 Å². The van der Waals surface area contributed by atoms with E-state index < -0.39 is 0 Å². The van der Waals surface area contributed by atoms with Crippen LogP contribution in [0.3, 0.4) is 0 Å². The van der Waals surface area contributed by atoms with E-state index in [2.05, 4.69) is 57.8 Å². The molecule has 1 unspecified atom stereocenters. The molecule has 0 rings (SSSR count). The SMILES string of the molecule is CC([CH2][Al+2])CC(C)(C)CC(C)(C)C. The second kappa shape index (κ2) is 4.85. The van der Waals surface area contributed by atoms with Crippen LogP contribution in [-0.2, 0) is 0 Å². The van der Waals surface area contributed by atoms with E-state index in [0.717, 1.165) is 5.92 Å². The molecule has 0 aromatic carbocycles. The average molecular weight is 196 g/mol. The zero-order valence-corrected chi connectivity index (χ0v) is 11.4. The molecule has 0 fully saturated rings. The molecule has 0 saturated carbocycles. The molecule has 0 N–H and O–H groups in total. The monoisotopic (exact) mass is 196 g/mol. The van der Waals surface area contributed by atoms with Gasteiger partial charge >= 0.3 is 92.7 Å². The van der Waals surface area contributed by atoms with Crippen LogP contribution >= 0.6 is 0 Å². The van der Waals surface area contributed by atoms with E-state index in [1.165, 1.54) is 18.1 Å². The molecular weight excluding hydrogens is 171 g/mol. The van der Waals surface area contributed by atoms with E-state index >= 15 is 0 Å². The summed E-state index contributed by atoms with van der Waals surface area (Å²) in [6, 6.07) is 0. The van der Waals surface area contributed by atoms with Gasteiger partial charge in [0.2, 0.25) is 0 Å². The van der Waals surface area contributed by atoms with Crippen molar-refractivity contribution in [3.05, 3.63) is 0 Å². The van der Waals surface area contributed by atoms with Crippen molar-refractivity contribution in [3.8, 4) is 0 Å². The van der Waals surface area contributed by atoms with Crippen LogP contribution in [0, 0.1) is 16.7 Å². The molecule has 1 heteroatoms. The van der Waals surface area contributed by atoms with Crippen molar-refractivity contribution in [1.29, 1.82) is 0 Å². The van der Waals surface area contributed by atoms with Crippen LogP contribution in [0.4, 0.5) is 0 Å². The minimum absolute atomic E-state index is 0.462. The molecule has 0 nitrogen and oxygen atoms in total. The quantitative estimate of drug-likeness (QED) is 0.595. The first-order valence-electron chi connectivity index (χ1n) is 5.36. The molecule has 0 bridgehead atoms. The number of hydrogen-bond acceptors (Lipinski definition) is 0. The molecule has 13 heavy (non-hydrogen) atoms. The third-order valence-electron chi connectivity index (χ3n) is 2.31. The Labute approximate surface area is 92.9 Å². The fraction of sp³-hybridized carbons (Fsp3) is 1.00. The second-order valence-corrected chi connectivity index (χ2v) is 6.92. The Morgan fingerprint density at radius 3 is 1.85 bits per heavy atom. The summed E-state index contributed by atoms with van der Waals surface area (Å²) >= 11 is 2.85. The van der Waals surface area contributed by atoms with Crippen molar-refractivity contribution in [2.45, 2.75) is 59.7 Å². The standard InChI is InChI=1S/C12H25.Al/c1-10(2)8-12(6,7)9-11(3,4)5;/h10H,1,8-9H2,2-7H3;/q;+2. The van der Waals surface area contributed by atoms with Gasteiger partial charge in [-0.25, -0.2) is 0 Å². The summed E-state index contributed by atoms with van der Waals surface area (Å²) in [4.78, 5) is 0. The molecule has 0 saturated heterocycles. The van der Waals surface area contributed by atoms with Crippen molar-refractivity contribution in [3.63, 3.8) is 0 Å². The Kier molecular flexibility index (Phi) is 5.05. The van der Waals surface area contributed by atoms with E-state index in [1.54, 1.807) is 0 Å². The fourth-order valence-electron chi connectivity index (χ4n) is 2.53. The van der Waals surface area contributed by atoms with Gasteiger partial charge in [-0.05, 0) is 0 Å². The Balaban J connectivity index is 4.08. The van der Waals surface area contributed by atoms with E-state index in [4.69, 9.17) is 0 Å². The summed E-state index contributed by atoms with van der Waals surface area (Å²) in [5, 5.41) is 1.23. The molecule has 0 aliphatic rings. The first kappa shape index (κ1) is 13.5. The van der Waals surface area contributed by atoms with Crippen LogP contribution in [0.25, 0.3) is 0 Å². The predicted molar refractivity (Wildman–Crippen MR) is 62.2 cm³/mol. The van der Waals surface area contributed by atoms with Crippen LogP contribution in [0.2, 0.25) is 5.28 Å². The third kappa shape index (κ3) is 7.59. The molecular formula is C12H25Al+2. The summed E-state index contributed by atoms with van der Waals surface area (Å²) in [5.74, 6) is 0.836. The minimum atomic E-state index is 0.462. The van der Waals surface area contributed by atoms with Crippen LogP contribution in [0.1, 0.15) is 54.4 Å². The van der Waals surface area contributed by atoms with Gasteiger partial charge in [-0.3, -0.25) is 0 Å². The van der Waals surface area contributed by atoms with Gasteiger partial charge in [0, 0.05) is 0 Å². The van der Waals surface area contributed by atoms with Gasteiger partial charge in [-0.1, -0.05) is 0 Å². The van der Waals surface area contributed by atoms with E-state index in [-0.39, 0.29) is 0 Å². The van der Waals surface area contributed by atoms with Gasteiger partial charge in [-0.2, -0.15) is 0 Å². The second-order valence-electron chi connectivity index (χ2n) is 6.45. The normalized spacial score (nSPS) is 16.0. The molecule has 0 aliphatic heterocycles. The molecule has 0 aliphatic carbocycles. The average Bonchev–Trinajstić information content (AvgIpc) is 1.80. The van der Waals surface area contributed by atoms with E-state index in [1.807, 2.05) is 0 Å². The molecule has 0 spiro atoms. The Hall–Kier alpha value is 0.532. The van der Waals surface area contributed by atoms with Gasteiger partial charge in [-0.15, -0.1) is 0 Å². The maximum atomic E-state index is 2.85. The Morgan fingerprint density at radius 2 is 1.54 bits per heavy atom. The molecule has 0 amide bonds. The van der Waals surface area contributed by atoms with Crippen molar-refractivity contribution >= 4 is 16.3 Å². The summed E-state index contributed by atoms with van der Waals surface area (Å²) in [6.07, 6.45) is 2.66. The molecule has 1 atom stereocenters. The van der Waals surface area contributed by atoms with Crippen molar-refractivity contribution in [1.82, 2.24) is 0 Å². The predicted octanol–water partition coefficient (Wildman–Crippen LogP) is 4.06. The molecule has 0 aromatic heterocycles. The van der Waals surface area contributed by atoms with E-state index in [0.29, 0.717) is 10.8 Å². The van der Waals surface area contributed by atoms with Gasteiger partial charge in [0.15, 0.2) is 0 Å². The van der Waals surface area contributed by atoms with E-state index in [9.17, 15) is 0 Å². The Morgan fingerprint density at radius 1 is 1.08 bits per heavy atom. The molecule has 74 valence electrons. The van der Waals surface area contributed by atoms with Gasteiger partial charge < -0.3 is 0 Å². The summed E-state index contributed by atoms with van der Waals surface area (Å²) < 4.78 is 0. The van der Waals surface area contributed by atoms with Crippen molar-refractivity contribution in [2.24, 2.45) is 16.7 Å². The van der Waals surface area contributed by atoms with Crippen LogP contribution in [0.5, 0.6) is 0 Å². The van der Waals surface area contributed by atoms with Crippen molar-refractivity contribution in [2.75, 3.05) is 0 Å². The van der Waals surface area contributed by atoms with Gasteiger partial charge in [0.25, 0.3) is 0 Å². The Bertz CT molecular complexity index is 142. The molecule has 0 radical (unpaired) electrons. The van der Waals surface area contributed by atoms with Crippen LogP contribution < -0.4 is 0 Å². The molecule has 0 heterocycles. The topological polar surface area (TPSA) is 0 Å². The molecule has 0 aromatic rings. The van der Waals surface area contributed by atoms with Crippen molar-refractivity contribution < 1.29 is 0 Å². The summed E-state index contributed by atoms with van der Waals surface area (Å²) in [7, 11) is 0. The fourth-order valence-corrected chi connectivity index (χ4v) is 2.70. The third-order valence-corrected chi connectivity index (χ3v) is 3.12. The first-order valence-corrected chi connectivity index (χ1v) is 6.18. The summed E-state index contributed by atoms with van der Waals surface area (Å²) in [6.45, 7) is 14.1. The summed E-state index contributed by atoms with van der Waals surface area (Å²) in [5.41, 5.74) is 0.957. The maximum absolute atomic E-state index is 2.85. The van der Waals surface area contributed by atoms with Gasteiger partial charge in [0.1, 0.15) is 0 Å². The van der Waals surface area contributed by atoms with Crippen LogP contribution in [-0.4, -0.2) is 16.3 Å².